The van der Waals surface area contributed by atoms with E-state index in [-0.39, 0.29) is 5.95 Å². The number of aromatic hydroxyl groups is 1. The lowest BCUT2D eigenvalue weighted by Crippen LogP contribution is -2.06. The maximum atomic E-state index is 12.1. The van der Waals surface area contributed by atoms with Crippen LogP contribution in [-0.2, 0) is 9.63 Å². The number of hydrogen-bond donors (Lipinski definition) is 1. The summed E-state index contributed by atoms with van der Waals surface area (Å²) in [5.41, 5.74) is 4.39. The molecule has 6 heteroatoms. The number of aromatic nitrogens is 1. The largest absolute Gasteiger partial charge is 0.479 e. The molecule has 3 aromatic rings. The van der Waals surface area contributed by atoms with Crippen LogP contribution in [0.3, 0.4) is 0 Å². The number of rotatable bonds is 5. The summed E-state index contributed by atoms with van der Waals surface area (Å²) in [7, 11) is 0. The van der Waals surface area contributed by atoms with Crippen LogP contribution in [0.15, 0.2) is 99.7 Å². The minimum absolute atomic E-state index is 0.255. The highest BCUT2D eigenvalue weighted by Crippen LogP contribution is 2.30. The standard InChI is InChI=1S/C24H18N2O4/c1-16(12-14-19-21(25-29-23(19)27)17-8-4-2-5-9-17)13-15-20-22(26-30-24(20)28)18-10-6-3-7-11-18/h2-15,27H,1H3/b14-12+,16-13+,20-15+. The summed E-state index contributed by atoms with van der Waals surface area (Å²) >= 11 is 0. The van der Waals surface area contributed by atoms with Crippen molar-refractivity contribution in [3.05, 3.63) is 101 Å². The normalized spacial score (nSPS) is 15.6. The second-order valence-electron chi connectivity index (χ2n) is 6.63. The maximum Gasteiger partial charge on any atom is 0.368 e. The summed E-state index contributed by atoms with van der Waals surface area (Å²) in [5, 5.41) is 17.8. The zero-order chi connectivity index (χ0) is 20.9. The molecule has 4 rings (SSSR count). The molecule has 0 bridgehead atoms. The van der Waals surface area contributed by atoms with Gasteiger partial charge in [-0.1, -0.05) is 88.7 Å². The van der Waals surface area contributed by atoms with Crippen LogP contribution < -0.4 is 0 Å². The Morgan fingerprint density at radius 1 is 1.00 bits per heavy atom. The fourth-order valence-electron chi connectivity index (χ4n) is 2.96. The smallest absolute Gasteiger partial charge is 0.368 e. The predicted octanol–water partition coefficient (Wildman–Crippen LogP) is 4.89. The molecule has 0 radical (unpaired) electrons. The molecule has 2 aromatic carbocycles. The molecule has 0 spiro atoms. The Morgan fingerprint density at radius 3 is 2.37 bits per heavy atom. The quantitative estimate of drug-likeness (QED) is 0.376. The number of hydrogen-bond acceptors (Lipinski definition) is 6. The van der Waals surface area contributed by atoms with Crippen LogP contribution in [0.1, 0.15) is 18.1 Å². The molecule has 0 atom stereocenters. The van der Waals surface area contributed by atoms with Gasteiger partial charge in [-0.3, -0.25) is 0 Å². The van der Waals surface area contributed by atoms with Gasteiger partial charge < -0.3 is 14.5 Å². The van der Waals surface area contributed by atoms with Crippen LogP contribution in [0.25, 0.3) is 17.3 Å². The van der Waals surface area contributed by atoms with Gasteiger partial charge in [0.15, 0.2) is 0 Å². The third kappa shape index (κ3) is 3.98. The van der Waals surface area contributed by atoms with Crippen LogP contribution in [0.5, 0.6) is 5.95 Å². The highest BCUT2D eigenvalue weighted by Gasteiger charge is 2.25. The number of benzene rings is 2. The Bertz CT molecular complexity index is 1190. The summed E-state index contributed by atoms with van der Waals surface area (Å²) in [6.07, 6.45) is 6.98. The molecule has 30 heavy (non-hydrogen) atoms. The van der Waals surface area contributed by atoms with Gasteiger partial charge >= 0.3 is 11.9 Å². The van der Waals surface area contributed by atoms with E-state index >= 15 is 0 Å². The topological polar surface area (TPSA) is 84.9 Å². The van der Waals surface area contributed by atoms with Crippen LogP contribution >= 0.6 is 0 Å². The molecular formula is C24H18N2O4. The van der Waals surface area contributed by atoms with Gasteiger partial charge in [0.1, 0.15) is 11.4 Å². The third-order valence-electron chi connectivity index (χ3n) is 4.52. The van der Waals surface area contributed by atoms with Gasteiger partial charge in [0.25, 0.3) is 0 Å². The fraction of sp³-hybridized carbons (Fsp3) is 0.0417. The molecule has 0 aliphatic carbocycles. The van der Waals surface area contributed by atoms with Crippen LogP contribution in [0, 0.1) is 0 Å². The molecule has 0 unspecified atom stereocenters. The lowest BCUT2D eigenvalue weighted by Gasteiger charge is -1.99. The summed E-state index contributed by atoms with van der Waals surface area (Å²) in [6, 6.07) is 18.8. The average molecular weight is 398 g/mol. The highest BCUT2D eigenvalue weighted by atomic mass is 16.7. The monoisotopic (exact) mass is 398 g/mol. The first-order valence-corrected chi connectivity index (χ1v) is 9.29. The number of nitrogens with zero attached hydrogens (tertiary/aromatic N) is 2. The molecule has 6 nitrogen and oxygen atoms in total. The van der Waals surface area contributed by atoms with Crippen LogP contribution in [0.4, 0.5) is 0 Å². The number of allylic oxidation sites excluding steroid dienone is 4. The first kappa shape index (κ1) is 19.1. The molecule has 1 N–H and O–H groups in total. The van der Waals surface area contributed by atoms with E-state index in [2.05, 4.69) is 10.3 Å². The van der Waals surface area contributed by atoms with Crippen LogP contribution in [-0.4, -0.2) is 21.9 Å². The van der Waals surface area contributed by atoms with Crippen molar-refractivity contribution in [2.75, 3.05) is 0 Å². The fourth-order valence-corrected chi connectivity index (χ4v) is 2.96. The van der Waals surface area contributed by atoms with Gasteiger partial charge in [0.2, 0.25) is 0 Å². The minimum atomic E-state index is -0.495. The van der Waals surface area contributed by atoms with E-state index in [0.717, 1.165) is 16.7 Å². The molecule has 1 aliphatic heterocycles. The molecule has 1 aliphatic rings. The van der Waals surface area contributed by atoms with Crippen molar-refractivity contribution in [1.29, 1.82) is 0 Å². The second-order valence-corrected chi connectivity index (χ2v) is 6.63. The van der Waals surface area contributed by atoms with E-state index in [1.54, 1.807) is 24.3 Å². The molecule has 148 valence electrons. The van der Waals surface area contributed by atoms with E-state index in [9.17, 15) is 9.90 Å². The van der Waals surface area contributed by atoms with E-state index in [1.807, 2.05) is 67.6 Å². The van der Waals surface area contributed by atoms with E-state index in [4.69, 9.17) is 9.36 Å². The lowest BCUT2D eigenvalue weighted by molar-refractivity contribution is -0.136. The number of carbonyl (C=O) groups excluding carboxylic acids is 1. The predicted molar refractivity (Wildman–Crippen MR) is 114 cm³/mol. The summed E-state index contributed by atoms with van der Waals surface area (Å²) < 4.78 is 4.95. The van der Waals surface area contributed by atoms with Gasteiger partial charge in [0.05, 0.1) is 11.1 Å². The Labute approximate surface area is 173 Å². The molecule has 0 amide bonds. The summed E-state index contributed by atoms with van der Waals surface area (Å²) in [4.78, 5) is 16.9. The first-order chi connectivity index (χ1) is 14.6. The minimum Gasteiger partial charge on any atom is -0.479 e. The van der Waals surface area contributed by atoms with Crippen LogP contribution in [0.2, 0.25) is 0 Å². The van der Waals surface area contributed by atoms with Crippen molar-refractivity contribution < 1.29 is 19.3 Å². The molecular weight excluding hydrogens is 380 g/mol. The summed E-state index contributed by atoms with van der Waals surface area (Å²) in [5.74, 6) is -0.751. The SMILES string of the molecule is CC(/C=C/c1c(-c2ccccc2)noc1O)=C\C=C1\C(=O)ON=C1c1ccccc1. The lowest BCUT2D eigenvalue weighted by atomic mass is 10.0. The average Bonchev–Trinajstić information content (AvgIpc) is 3.34. The Kier molecular flexibility index (Phi) is 5.39. The highest BCUT2D eigenvalue weighted by molar-refractivity contribution is 6.28. The van der Waals surface area contributed by atoms with Crippen molar-refractivity contribution in [3.8, 4) is 17.2 Å². The first-order valence-electron chi connectivity index (χ1n) is 9.29. The molecule has 1 aromatic heterocycles. The molecule has 0 saturated carbocycles. The number of oxime groups is 1. The second kappa shape index (κ2) is 8.45. The van der Waals surface area contributed by atoms with Crippen molar-refractivity contribution >= 4 is 17.8 Å². The van der Waals surface area contributed by atoms with Gasteiger partial charge in [0, 0.05) is 11.1 Å². The molecule has 2 heterocycles. The molecule has 0 fully saturated rings. The number of carbonyl (C=O) groups is 1. The Balaban J connectivity index is 1.58. The summed E-state index contributed by atoms with van der Waals surface area (Å²) in [6.45, 7) is 1.87. The van der Waals surface area contributed by atoms with Gasteiger partial charge in [-0.05, 0) is 19.1 Å². The maximum absolute atomic E-state index is 12.1. The van der Waals surface area contributed by atoms with Crippen molar-refractivity contribution in [2.45, 2.75) is 6.92 Å². The van der Waals surface area contributed by atoms with Crippen molar-refractivity contribution in [3.63, 3.8) is 0 Å². The zero-order valence-corrected chi connectivity index (χ0v) is 16.1. The van der Waals surface area contributed by atoms with E-state index < -0.39 is 5.97 Å². The Hall–Kier alpha value is -4.19. The van der Waals surface area contributed by atoms with Crippen molar-refractivity contribution in [1.82, 2.24) is 5.16 Å². The Morgan fingerprint density at radius 2 is 1.67 bits per heavy atom. The zero-order valence-electron chi connectivity index (χ0n) is 16.1. The van der Waals surface area contributed by atoms with Gasteiger partial charge in [-0.15, -0.1) is 0 Å². The van der Waals surface area contributed by atoms with Crippen molar-refractivity contribution in [2.24, 2.45) is 5.16 Å². The van der Waals surface area contributed by atoms with Gasteiger partial charge in [-0.25, -0.2) is 4.79 Å². The van der Waals surface area contributed by atoms with E-state index in [1.165, 1.54) is 0 Å². The van der Waals surface area contributed by atoms with E-state index in [0.29, 0.717) is 22.5 Å². The third-order valence-corrected chi connectivity index (χ3v) is 4.52. The molecule has 0 saturated heterocycles. The van der Waals surface area contributed by atoms with Gasteiger partial charge in [-0.2, -0.15) is 0 Å².